The Labute approximate surface area is 92.4 Å². The van der Waals surface area contributed by atoms with Crippen molar-refractivity contribution in [3.05, 3.63) is 0 Å². The molecule has 88 valence electrons. The van der Waals surface area contributed by atoms with Crippen LogP contribution in [0.2, 0.25) is 0 Å². The van der Waals surface area contributed by atoms with Crippen LogP contribution in [-0.2, 0) is 4.74 Å². The molecule has 2 heterocycles. The first-order valence-corrected chi connectivity index (χ1v) is 6.14. The fraction of sp³-hybridized carbons (Fsp3) is 1.00. The van der Waals surface area contributed by atoms with Crippen LogP contribution < -0.4 is 5.73 Å². The van der Waals surface area contributed by atoms with Crippen molar-refractivity contribution in [2.45, 2.75) is 18.9 Å². The van der Waals surface area contributed by atoms with Gasteiger partial charge in [-0.25, -0.2) is 0 Å². The first-order chi connectivity index (χ1) is 7.40. The van der Waals surface area contributed by atoms with Gasteiger partial charge in [0.05, 0.1) is 13.2 Å². The van der Waals surface area contributed by atoms with Crippen molar-refractivity contribution in [3.8, 4) is 0 Å². The predicted molar refractivity (Wildman–Crippen MR) is 60.9 cm³/mol. The van der Waals surface area contributed by atoms with Crippen molar-refractivity contribution in [3.63, 3.8) is 0 Å². The maximum Gasteiger partial charge on any atom is 0.0594 e. The molecule has 0 aliphatic carbocycles. The minimum absolute atomic E-state index is 0.770. The van der Waals surface area contributed by atoms with Crippen molar-refractivity contribution < 1.29 is 4.74 Å². The highest BCUT2D eigenvalue weighted by molar-refractivity contribution is 4.84. The van der Waals surface area contributed by atoms with Gasteiger partial charge in [-0.3, -0.25) is 4.90 Å². The van der Waals surface area contributed by atoms with Crippen LogP contribution in [0.4, 0.5) is 0 Å². The molecule has 1 unspecified atom stereocenters. The van der Waals surface area contributed by atoms with Gasteiger partial charge in [-0.05, 0) is 32.5 Å². The smallest absolute Gasteiger partial charge is 0.0594 e. The monoisotopic (exact) mass is 213 g/mol. The lowest BCUT2D eigenvalue weighted by molar-refractivity contribution is 0.0185. The summed E-state index contributed by atoms with van der Waals surface area (Å²) in [6, 6.07) is 0.770. The molecule has 0 radical (unpaired) electrons. The molecular formula is C11H23N3O. The number of morpholine rings is 1. The zero-order chi connectivity index (χ0) is 10.5. The standard InChI is InChI=1S/C11H23N3O/c12-3-1-4-13-5-2-11(10-13)14-6-8-15-9-7-14/h11H,1-10,12H2. The van der Waals surface area contributed by atoms with E-state index in [1.807, 2.05) is 0 Å². The lowest BCUT2D eigenvalue weighted by Gasteiger charge is -2.32. The Kier molecular flexibility index (Phi) is 4.38. The third-order valence-electron chi connectivity index (χ3n) is 3.49. The van der Waals surface area contributed by atoms with Crippen molar-refractivity contribution in [2.75, 3.05) is 52.5 Å². The molecule has 2 fully saturated rings. The summed E-state index contributed by atoms with van der Waals surface area (Å²) in [4.78, 5) is 5.14. The van der Waals surface area contributed by atoms with Gasteiger partial charge in [0.25, 0.3) is 0 Å². The van der Waals surface area contributed by atoms with E-state index >= 15 is 0 Å². The van der Waals surface area contributed by atoms with E-state index in [0.29, 0.717) is 0 Å². The summed E-state index contributed by atoms with van der Waals surface area (Å²) in [7, 11) is 0. The first kappa shape index (κ1) is 11.3. The van der Waals surface area contributed by atoms with Crippen molar-refractivity contribution in [1.29, 1.82) is 0 Å². The lowest BCUT2D eigenvalue weighted by Crippen LogP contribution is -2.44. The highest BCUT2D eigenvalue weighted by atomic mass is 16.5. The Morgan fingerprint density at radius 2 is 2.00 bits per heavy atom. The summed E-state index contributed by atoms with van der Waals surface area (Å²) < 4.78 is 5.38. The van der Waals surface area contributed by atoms with E-state index in [4.69, 9.17) is 10.5 Å². The maximum absolute atomic E-state index is 5.53. The van der Waals surface area contributed by atoms with Crippen molar-refractivity contribution in [1.82, 2.24) is 9.80 Å². The van der Waals surface area contributed by atoms with Gasteiger partial charge in [-0.15, -0.1) is 0 Å². The Morgan fingerprint density at radius 1 is 1.20 bits per heavy atom. The number of nitrogens with zero attached hydrogens (tertiary/aromatic N) is 2. The summed E-state index contributed by atoms with van der Waals surface area (Å²) in [5.41, 5.74) is 5.53. The van der Waals surface area contributed by atoms with Crippen LogP contribution in [0.15, 0.2) is 0 Å². The minimum Gasteiger partial charge on any atom is -0.379 e. The third kappa shape index (κ3) is 3.14. The van der Waals surface area contributed by atoms with E-state index in [9.17, 15) is 0 Å². The third-order valence-corrected chi connectivity index (χ3v) is 3.49. The molecule has 15 heavy (non-hydrogen) atoms. The second-order valence-corrected chi connectivity index (χ2v) is 4.53. The van der Waals surface area contributed by atoms with Crippen LogP contribution in [0, 0.1) is 0 Å². The van der Waals surface area contributed by atoms with Crippen LogP contribution >= 0.6 is 0 Å². The van der Waals surface area contributed by atoms with Gasteiger partial charge in [0.2, 0.25) is 0 Å². The first-order valence-electron chi connectivity index (χ1n) is 6.14. The number of nitrogens with two attached hydrogens (primary N) is 1. The van der Waals surface area contributed by atoms with E-state index in [-0.39, 0.29) is 0 Å². The van der Waals surface area contributed by atoms with Crippen LogP contribution in [0.1, 0.15) is 12.8 Å². The van der Waals surface area contributed by atoms with Crippen molar-refractivity contribution >= 4 is 0 Å². The van der Waals surface area contributed by atoms with Gasteiger partial charge in [0.1, 0.15) is 0 Å². The Balaban J connectivity index is 1.71. The quantitative estimate of drug-likeness (QED) is 0.699. The SMILES string of the molecule is NCCCN1CCC(N2CCOCC2)C1. The largest absolute Gasteiger partial charge is 0.379 e. The number of rotatable bonds is 4. The number of hydrogen-bond donors (Lipinski definition) is 1. The van der Waals surface area contributed by atoms with Crippen LogP contribution in [0.3, 0.4) is 0 Å². The normalized spacial score (nSPS) is 29.8. The molecule has 0 spiro atoms. The molecule has 2 N–H and O–H groups in total. The Morgan fingerprint density at radius 3 is 2.73 bits per heavy atom. The summed E-state index contributed by atoms with van der Waals surface area (Å²) in [6.45, 7) is 8.56. The van der Waals surface area contributed by atoms with Crippen LogP contribution in [0.25, 0.3) is 0 Å². The summed E-state index contributed by atoms with van der Waals surface area (Å²) >= 11 is 0. The molecule has 1 atom stereocenters. The van der Waals surface area contributed by atoms with E-state index < -0.39 is 0 Å². The fourth-order valence-corrected chi connectivity index (χ4v) is 2.57. The van der Waals surface area contributed by atoms with Crippen molar-refractivity contribution in [2.24, 2.45) is 5.73 Å². The topological polar surface area (TPSA) is 41.7 Å². The summed E-state index contributed by atoms with van der Waals surface area (Å²) in [5, 5.41) is 0. The van der Waals surface area contributed by atoms with E-state index in [1.54, 1.807) is 0 Å². The molecule has 4 heteroatoms. The van der Waals surface area contributed by atoms with Gasteiger partial charge in [-0.1, -0.05) is 0 Å². The summed E-state index contributed by atoms with van der Waals surface area (Å²) in [6.07, 6.45) is 2.46. The number of hydrogen-bond acceptors (Lipinski definition) is 4. The van der Waals surface area contributed by atoms with Gasteiger partial charge >= 0.3 is 0 Å². The van der Waals surface area contributed by atoms with E-state index in [1.165, 1.54) is 26.1 Å². The Hall–Kier alpha value is -0.160. The molecule has 2 saturated heterocycles. The second kappa shape index (κ2) is 5.80. The highest BCUT2D eigenvalue weighted by Crippen LogP contribution is 2.16. The molecule has 4 nitrogen and oxygen atoms in total. The average molecular weight is 213 g/mol. The molecule has 0 aromatic heterocycles. The molecule has 0 aromatic carbocycles. The van der Waals surface area contributed by atoms with E-state index in [0.717, 1.165) is 45.3 Å². The average Bonchev–Trinajstić information content (AvgIpc) is 2.76. The maximum atomic E-state index is 5.53. The number of ether oxygens (including phenoxy) is 1. The molecule has 2 aliphatic heterocycles. The van der Waals surface area contributed by atoms with Gasteiger partial charge < -0.3 is 15.4 Å². The van der Waals surface area contributed by atoms with Gasteiger partial charge in [-0.2, -0.15) is 0 Å². The van der Waals surface area contributed by atoms with Gasteiger partial charge in [0.15, 0.2) is 0 Å². The zero-order valence-corrected chi connectivity index (χ0v) is 9.53. The van der Waals surface area contributed by atoms with E-state index in [2.05, 4.69) is 9.80 Å². The highest BCUT2D eigenvalue weighted by Gasteiger charge is 2.27. The molecule has 2 aliphatic rings. The zero-order valence-electron chi connectivity index (χ0n) is 9.53. The Bertz CT molecular complexity index is 183. The molecule has 0 saturated carbocycles. The second-order valence-electron chi connectivity index (χ2n) is 4.53. The summed E-state index contributed by atoms with van der Waals surface area (Å²) in [5.74, 6) is 0. The molecular weight excluding hydrogens is 190 g/mol. The molecule has 0 aromatic rings. The molecule has 0 bridgehead atoms. The van der Waals surface area contributed by atoms with Crippen LogP contribution in [0.5, 0.6) is 0 Å². The molecule has 2 rings (SSSR count). The predicted octanol–water partition coefficient (Wildman–Crippen LogP) is -0.258. The van der Waals surface area contributed by atoms with Crippen LogP contribution in [-0.4, -0.2) is 68.3 Å². The fourth-order valence-electron chi connectivity index (χ4n) is 2.57. The minimum atomic E-state index is 0.770. The van der Waals surface area contributed by atoms with Gasteiger partial charge in [0, 0.05) is 25.7 Å². The lowest BCUT2D eigenvalue weighted by atomic mass is 10.2. The molecule has 0 amide bonds. The number of likely N-dealkylation sites (tertiary alicyclic amines) is 1.